The molecule has 2 aliphatic rings. The van der Waals surface area contributed by atoms with Gasteiger partial charge in [-0.25, -0.2) is 0 Å². The van der Waals surface area contributed by atoms with E-state index in [1.165, 1.54) is 6.92 Å². The van der Waals surface area contributed by atoms with Gasteiger partial charge >= 0.3 is 0 Å². The molecule has 0 saturated heterocycles. The van der Waals surface area contributed by atoms with Crippen molar-refractivity contribution in [3.8, 4) is 0 Å². The maximum absolute atomic E-state index is 13.3. The minimum absolute atomic E-state index is 0.0281. The molecule has 0 radical (unpaired) electrons. The molecule has 4 rings (SSSR count). The molecule has 1 aliphatic heterocycles. The summed E-state index contributed by atoms with van der Waals surface area (Å²) in [6.45, 7) is 3.66. The molecule has 1 spiro atoms. The molecule has 160 valence electrons. The first-order valence-corrected chi connectivity index (χ1v) is 10.8. The fourth-order valence-corrected chi connectivity index (χ4v) is 4.37. The van der Waals surface area contributed by atoms with Crippen molar-refractivity contribution in [1.29, 1.82) is 0 Å². The lowest BCUT2D eigenvalue weighted by Gasteiger charge is -2.40. The van der Waals surface area contributed by atoms with E-state index in [1.807, 2.05) is 30.3 Å². The van der Waals surface area contributed by atoms with Gasteiger partial charge in [0.1, 0.15) is 17.9 Å². The van der Waals surface area contributed by atoms with Crippen LogP contribution in [-0.2, 0) is 9.59 Å². The Hall–Kier alpha value is -3.28. The first-order valence-electron chi connectivity index (χ1n) is 10.8. The van der Waals surface area contributed by atoms with Gasteiger partial charge in [-0.3, -0.25) is 19.4 Å². The minimum Gasteiger partial charge on any atom is -0.325 e. The molecule has 2 amide bonds. The molecular formula is C25H27N3O3. The highest BCUT2D eigenvalue weighted by molar-refractivity contribution is 6.47. The van der Waals surface area contributed by atoms with Crippen LogP contribution in [-0.4, -0.2) is 40.4 Å². The zero-order valence-corrected chi connectivity index (χ0v) is 17.9. The van der Waals surface area contributed by atoms with Crippen LogP contribution >= 0.6 is 0 Å². The zero-order valence-electron chi connectivity index (χ0n) is 17.9. The van der Waals surface area contributed by atoms with E-state index in [4.69, 9.17) is 4.99 Å². The van der Waals surface area contributed by atoms with Gasteiger partial charge in [0.05, 0.1) is 0 Å². The molecule has 6 heteroatoms. The van der Waals surface area contributed by atoms with E-state index in [0.29, 0.717) is 22.9 Å². The zero-order chi connectivity index (χ0) is 22.0. The summed E-state index contributed by atoms with van der Waals surface area (Å²) in [5, 5.41) is 2.85. The monoisotopic (exact) mass is 417 g/mol. The van der Waals surface area contributed by atoms with E-state index in [1.54, 1.807) is 29.2 Å². The summed E-state index contributed by atoms with van der Waals surface area (Å²) in [7, 11) is 0. The first-order chi connectivity index (χ1) is 14.9. The predicted octanol–water partition coefficient (Wildman–Crippen LogP) is 4.07. The SMILES string of the molecule is CC(=O)c1ccc(NC(=O)CN2C(=O)C(c3ccccc3)=NC23CCC(C)CC3)cc1. The summed E-state index contributed by atoms with van der Waals surface area (Å²) in [6, 6.07) is 16.2. The summed E-state index contributed by atoms with van der Waals surface area (Å²) in [6.07, 6.45) is 3.47. The molecule has 6 nitrogen and oxygen atoms in total. The molecule has 1 saturated carbocycles. The van der Waals surface area contributed by atoms with Crippen LogP contribution in [0.5, 0.6) is 0 Å². The molecule has 31 heavy (non-hydrogen) atoms. The van der Waals surface area contributed by atoms with Gasteiger partial charge in [-0.15, -0.1) is 0 Å². The Balaban J connectivity index is 1.55. The van der Waals surface area contributed by atoms with Crippen LogP contribution < -0.4 is 5.32 Å². The molecular weight excluding hydrogens is 390 g/mol. The van der Waals surface area contributed by atoms with E-state index in [0.717, 1.165) is 31.2 Å². The number of amides is 2. The fraction of sp³-hybridized carbons (Fsp3) is 0.360. The van der Waals surface area contributed by atoms with Crippen LogP contribution in [0.2, 0.25) is 0 Å². The second kappa shape index (κ2) is 8.46. The van der Waals surface area contributed by atoms with Crippen LogP contribution in [0.15, 0.2) is 59.6 Å². The molecule has 0 atom stereocenters. The van der Waals surface area contributed by atoms with Crippen LogP contribution in [0.3, 0.4) is 0 Å². The Morgan fingerprint density at radius 2 is 1.71 bits per heavy atom. The number of ketones is 1. The summed E-state index contributed by atoms with van der Waals surface area (Å²) >= 11 is 0. The molecule has 0 aromatic heterocycles. The van der Waals surface area contributed by atoms with Crippen LogP contribution in [0.4, 0.5) is 5.69 Å². The summed E-state index contributed by atoms with van der Waals surface area (Å²) in [4.78, 5) is 44.2. The predicted molar refractivity (Wildman–Crippen MR) is 120 cm³/mol. The highest BCUT2D eigenvalue weighted by Crippen LogP contribution is 2.41. The van der Waals surface area contributed by atoms with Crippen molar-refractivity contribution in [2.24, 2.45) is 10.9 Å². The second-order valence-corrected chi connectivity index (χ2v) is 8.56. The van der Waals surface area contributed by atoms with Gasteiger partial charge in [0.2, 0.25) is 5.91 Å². The fourth-order valence-electron chi connectivity index (χ4n) is 4.37. The lowest BCUT2D eigenvalue weighted by Crippen LogP contribution is -2.51. The van der Waals surface area contributed by atoms with Crippen molar-refractivity contribution in [1.82, 2.24) is 4.90 Å². The van der Waals surface area contributed by atoms with Crippen molar-refractivity contribution in [2.45, 2.75) is 45.2 Å². The third-order valence-electron chi connectivity index (χ3n) is 6.27. The Morgan fingerprint density at radius 3 is 2.32 bits per heavy atom. The number of hydrogen-bond acceptors (Lipinski definition) is 4. The number of carbonyl (C=O) groups excluding carboxylic acids is 3. The van der Waals surface area contributed by atoms with Gasteiger partial charge < -0.3 is 10.2 Å². The van der Waals surface area contributed by atoms with Crippen molar-refractivity contribution in [3.63, 3.8) is 0 Å². The Bertz CT molecular complexity index is 1020. The van der Waals surface area contributed by atoms with Crippen molar-refractivity contribution >= 4 is 29.0 Å². The smallest absolute Gasteiger partial charge is 0.275 e. The van der Waals surface area contributed by atoms with Crippen molar-refractivity contribution < 1.29 is 14.4 Å². The standard InChI is InChI=1S/C25H27N3O3/c1-17-12-14-25(15-13-17)27-23(20-6-4-3-5-7-20)24(31)28(25)16-22(30)26-21-10-8-19(9-11-21)18(2)29/h3-11,17H,12-16H2,1-2H3,(H,26,30). The number of benzene rings is 2. The molecule has 1 fully saturated rings. The van der Waals surface area contributed by atoms with Crippen LogP contribution in [0.1, 0.15) is 55.5 Å². The Morgan fingerprint density at radius 1 is 1.06 bits per heavy atom. The third-order valence-corrected chi connectivity index (χ3v) is 6.27. The molecule has 1 N–H and O–H groups in total. The number of anilines is 1. The maximum Gasteiger partial charge on any atom is 0.275 e. The van der Waals surface area contributed by atoms with E-state index in [2.05, 4.69) is 12.2 Å². The van der Waals surface area contributed by atoms with E-state index in [9.17, 15) is 14.4 Å². The number of hydrogen-bond donors (Lipinski definition) is 1. The molecule has 0 bridgehead atoms. The van der Waals surface area contributed by atoms with Gasteiger partial charge in [0.15, 0.2) is 5.78 Å². The number of carbonyl (C=O) groups is 3. The number of aliphatic imine (C=N–C) groups is 1. The highest BCUT2D eigenvalue weighted by Gasteiger charge is 2.49. The van der Waals surface area contributed by atoms with Crippen LogP contribution in [0.25, 0.3) is 0 Å². The van der Waals surface area contributed by atoms with Gasteiger partial charge in [-0.1, -0.05) is 37.3 Å². The average Bonchev–Trinajstić information content (AvgIpc) is 3.03. The largest absolute Gasteiger partial charge is 0.325 e. The lowest BCUT2D eigenvalue weighted by molar-refractivity contribution is -0.134. The molecule has 1 heterocycles. The van der Waals surface area contributed by atoms with E-state index >= 15 is 0 Å². The third kappa shape index (κ3) is 4.29. The average molecular weight is 418 g/mol. The van der Waals surface area contributed by atoms with Gasteiger partial charge in [-0.05, 0) is 62.8 Å². The molecule has 2 aromatic rings. The Labute approximate surface area is 182 Å². The normalized spacial score (nSPS) is 23.0. The van der Waals surface area contributed by atoms with Gasteiger partial charge in [0, 0.05) is 16.8 Å². The molecule has 2 aromatic carbocycles. The molecule has 1 aliphatic carbocycles. The lowest BCUT2D eigenvalue weighted by atomic mass is 9.82. The molecule has 0 unspecified atom stereocenters. The van der Waals surface area contributed by atoms with E-state index < -0.39 is 5.66 Å². The van der Waals surface area contributed by atoms with E-state index in [-0.39, 0.29) is 24.1 Å². The number of Topliss-reactive ketones (excluding diaryl/α,β-unsaturated/α-hetero) is 1. The summed E-state index contributed by atoms with van der Waals surface area (Å²) in [5.41, 5.74) is 1.76. The second-order valence-electron chi connectivity index (χ2n) is 8.56. The van der Waals surface area contributed by atoms with Gasteiger partial charge in [-0.2, -0.15) is 0 Å². The van der Waals surface area contributed by atoms with Crippen LogP contribution in [0, 0.1) is 5.92 Å². The van der Waals surface area contributed by atoms with Gasteiger partial charge in [0.25, 0.3) is 5.91 Å². The number of nitrogens with zero attached hydrogens (tertiary/aromatic N) is 2. The number of nitrogens with one attached hydrogen (secondary N) is 1. The van der Waals surface area contributed by atoms with Crippen molar-refractivity contribution in [3.05, 3.63) is 65.7 Å². The quantitative estimate of drug-likeness (QED) is 0.745. The van der Waals surface area contributed by atoms with Crippen molar-refractivity contribution in [2.75, 3.05) is 11.9 Å². The Kier molecular flexibility index (Phi) is 5.72. The maximum atomic E-state index is 13.3. The first kappa shape index (κ1) is 21.0. The number of rotatable bonds is 5. The summed E-state index contributed by atoms with van der Waals surface area (Å²) in [5.74, 6) is 0.0982. The summed E-state index contributed by atoms with van der Waals surface area (Å²) < 4.78 is 0. The topological polar surface area (TPSA) is 78.8 Å². The highest BCUT2D eigenvalue weighted by atomic mass is 16.2. The minimum atomic E-state index is -0.648.